The molecule has 1 aromatic carbocycles. The van der Waals surface area contributed by atoms with E-state index in [4.69, 9.17) is 0 Å². The van der Waals surface area contributed by atoms with Crippen molar-refractivity contribution < 1.29 is 9.59 Å². The predicted octanol–water partition coefficient (Wildman–Crippen LogP) is 3.20. The Morgan fingerprint density at radius 1 is 1.05 bits per heavy atom. The molecule has 0 fully saturated rings. The molecule has 0 aliphatic rings. The van der Waals surface area contributed by atoms with Gasteiger partial charge in [-0.2, -0.15) is 0 Å². The quantitative estimate of drug-likeness (QED) is 0.815. The van der Waals surface area contributed by atoms with Crippen molar-refractivity contribution in [3.05, 3.63) is 55.7 Å². The number of halogens is 1. The molecule has 4 nitrogen and oxygen atoms in total. The fraction of sp³-hybridized carbons (Fsp3) is 0.143. The second-order valence-corrected chi connectivity index (χ2v) is 6.79. The lowest BCUT2D eigenvalue weighted by molar-refractivity contribution is 0.0848. The monoisotopic (exact) mass is 352 g/mol. The maximum Gasteiger partial charge on any atom is 0.279 e. The molecule has 0 unspecified atom stereocenters. The van der Waals surface area contributed by atoms with E-state index in [1.54, 1.807) is 18.2 Å². The summed E-state index contributed by atoms with van der Waals surface area (Å²) in [6, 6.07) is 9.08. The number of carbonyl (C=O) groups is 2. The number of thiophene rings is 1. The molecular formula is C14H13BrN2O2S. The molecule has 0 spiro atoms. The van der Waals surface area contributed by atoms with Crippen molar-refractivity contribution in [3.8, 4) is 0 Å². The van der Waals surface area contributed by atoms with Gasteiger partial charge in [-0.25, -0.2) is 0 Å². The highest BCUT2D eigenvalue weighted by Crippen LogP contribution is 2.21. The van der Waals surface area contributed by atoms with Crippen LogP contribution in [0, 0.1) is 13.8 Å². The van der Waals surface area contributed by atoms with Crippen molar-refractivity contribution in [1.29, 1.82) is 0 Å². The summed E-state index contributed by atoms with van der Waals surface area (Å²) >= 11 is 4.59. The predicted molar refractivity (Wildman–Crippen MR) is 82.9 cm³/mol. The van der Waals surface area contributed by atoms with Crippen molar-refractivity contribution in [1.82, 2.24) is 10.9 Å². The Bertz CT molecular complexity index is 667. The van der Waals surface area contributed by atoms with Crippen molar-refractivity contribution in [3.63, 3.8) is 0 Å². The van der Waals surface area contributed by atoms with E-state index in [-0.39, 0.29) is 11.8 Å². The second kappa shape index (κ2) is 6.19. The highest BCUT2D eigenvalue weighted by molar-refractivity contribution is 9.11. The molecule has 1 aromatic heterocycles. The summed E-state index contributed by atoms with van der Waals surface area (Å²) in [5.74, 6) is -0.658. The molecule has 2 amide bonds. The van der Waals surface area contributed by atoms with Gasteiger partial charge < -0.3 is 0 Å². The summed E-state index contributed by atoms with van der Waals surface area (Å²) < 4.78 is 0.864. The van der Waals surface area contributed by atoms with Crippen LogP contribution in [0.2, 0.25) is 0 Å². The third-order valence-corrected chi connectivity index (χ3v) is 4.35. The lowest BCUT2D eigenvalue weighted by atomic mass is 10.1. The molecule has 0 aliphatic heterocycles. The minimum absolute atomic E-state index is 0.324. The van der Waals surface area contributed by atoms with Crippen LogP contribution >= 0.6 is 27.3 Å². The van der Waals surface area contributed by atoms with Crippen LogP contribution in [-0.4, -0.2) is 11.8 Å². The minimum atomic E-state index is -0.334. The Hall–Kier alpha value is -1.66. The van der Waals surface area contributed by atoms with Crippen LogP contribution in [0.15, 0.2) is 34.1 Å². The van der Waals surface area contributed by atoms with E-state index in [2.05, 4.69) is 26.8 Å². The van der Waals surface area contributed by atoms with Crippen LogP contribution < -0.4 is 10.9 Å². The fourth-order valence-electron chi connectivity index (χ4n) is 1.66. The molecular weight excluding hydrogens is 340 g/mol. The van der Waals surface area contributed by atoms with Crippen molar-refractivity contribution in [2.75, 3.05) is 0 Å². The molecule has 2 rings (SSSR count). The zero-order valence-electron chi connectivity index (χ0n) is 11.0. The molecule has 2 aromatic rings. The van der Waals surface area contributed by atoms with Gasteiger partial charge in [-0.15, -0.1) is 11.3 Å². The number of aryl methyl sites for hydroxylation is 2. The van der Waals surface area contributed by atoms with Gasteiger partial charge in [0.2, 0.25) is 0 Å². The lowest BCUT2D eigenvalue weighted by Gasteiger charge is -2.09. The van der Waals surface area contributed by atoms with Crippen LogP contribution in [-0.2, 0) is 0 Å². The van der Waals surface area contributed by atoms with Gasteiger partial charge in [-0.1, -0.05) is 17.7 Å². The average molecular weight is 353 g/mol. The van der Waals surface area contributed by atoms with Crippen molar-refractivity contribution in [2.24, 2.45) is 0 Å². The van der Waals surface area contributed by atoms with E-state index in [1.165, 1.54) is 11.3 Å². The van der Waals surface area contributed by atoms with Crippen molar-refractivity contribution in [2.45, 2.75) is 13.8 Å². The Labute approximate surface area is 129 Å². The minimum Gasteiger partial charge on any atom is -0.267 e. The Kier molecular flexibility index (Phi) is 4.57. The molecule has 6 heteroatoms. The van der Waals surface area contributed by atoms with Gasteiger partial charge in [0, 0.05) is 5.56 Å². The highest BCUT2D eigenvalue weighted by Gasteiger charge is 2.12. The first kappa shape index (κ1) is 14.7. The van der Waals surface area contributed by atoms with Gasteiger partial charge >= 0.3 is 0 Å². The largest absolute Gasteiger partial charge is 0.279 e. The number of amides is 2. The topological polar surface area (TPSA) is 58.2 Å². The zero-order valence-corrected chi connectivity index (χ0v) is 13.4. The Morgan fingerprint density at radius 3 is 2.40 bits per heavy atom. The van der Waals surface area contributed by atoms with Gasteiger partial charge in [0.1, 0.15) is 0 Å². The Balaban J connectivity index is 2.02. The van der Waals surface area contributed by atoms with Crippen LogP contribution in [0.4, 0.5) is 0 Å². The van der Waals surface area contributed by atoms with Gasteiger partial charge in [-0.05, 0) is 53.5 Å². The van der Waals surface area contributed by atoms with E-state index >= 15 is 0 Å². The number of hydrazine groups is 1. The SMILES string of the molecule is Cc1ccc(C)c(C(=O)NNC(=O)c2ccc(Br)s2)c1. The van der Waals surface area contributed by atoms with Gasteiger partial charge in [0.25, 0.3) is 11.8 Å². The van der Waals surface area contributed by atoms with Crippen LogP contribution in [0.25, 0.3) is 0 Å². The molecule has 2 N–H and O–H groups in total. The normalized spacial score (nSPS) is 10.2. The summed E-state index contributed by atoms with van der Waals surface area (Å²) in [6.07, 6.45) is 0. The summed E-state index contributed by atoms with van der Waals surface area (Å²) in [5.41, 5.74) is 7.25. The third kappa shape index (κ3) is 3.46. The maximum absolute atomic E-state index is 12.0. The van der Waals surface area contributed by atoms with E-state index in [0.29, 0.717) is 10.4 Å². The molecule has 104 valence electrons. The van der Waals surface area contributed by atoms with Crippen LogP contribution in [0.1, 0.15) is 31.2 Å². The molecule has 0 aliphatic carbocycles. The number of benzene rings is 1. The number of hydrogen-bond acceptors (Lipinski definition) is 3. The van der Waals surface area contributed by atoms with Crippen LogP contribution in [0.3, 0.4) is 0 Å². The maximum atomic E-state index is 12.0. The fourth-order valence-corrected chi connectivity index (χ4v) is 2.94. The Morgan fingerprint density at radius 2 is 1.75 bits per heavy atom. The number of rotatable bonds is 2. The number of hydrogen-bond donors (Lipinski definition) is 2. The lowest BCUT2D eigenvalue weighted by Crippen LogP contribution is -2.41. The summed E-state index contributed by atoms with van der Waals surface area (Å²) in [6.45, 7) is 3.77. The van der Waals surface area contributed by atoms with Crippen molar-refractivity contribution >= 4 is 39.1 Å². The van der Waals surface area contributed by atoms with E-state index in [9.17, 15) is 9.59 Å². The number of nitrogens with one attached hydrogen (secondary N) is 2. The molecule has 1 heterocycles. The van der Waals surface area contributed by atoms with Crippen LogP contribution in [0.5, 0.6) is 0 Å². The average Bonchev–Trinajstić information content (AvgIpc) is 2.85. The van der Waals surface area contributed by atoms with E-state index < -0.39 is 0 Å². The standard InChI is InChI=1S/C14H13BrN2O2S/c1-8-3-4-9(2)10(7-8)13(18)16-17-14(19)11-5-6-12(15)20-11/h3-7H,1-2H3,(H,16,18)(H,17,19). The molecule has 0 saturated carbocycles. The van der Waals surface area contributed by atoms with E-state index in [0.717, 1.165) is 14.9 Å². The first-order valence-corrected chi connectivity index (χ1v) is 7.51. The van der Waals surface area contributed by atoms with E-state index in [1.807, 2.05) is 26.0 Å². The highest BCUT2D eigenvalue weighted by atomic mass is 79.9. The third-order valence-electron chi connectivity index (χ3n) is 2.72. The molecule has 0 saturated heterocycles. The summed E-state index contributed by atoms with van der Waals surface area (Å²) in [5, 5.41) is 0. The molecule has 20 heavy (non-hydrogen) atoms. The summed E-state index contributed by atoms with van der Waals surface area (Å²) in [7, 11) is 0. The first-order chi connectivity index (χ1) is 9.47. The second-order valence-electron chi connectivity index (χ2n) is 4.33. The zero-order chi connectivity index (χ0) is 14.7. The molecule has 0 radical (unpaired) electrons. The molecule has 0 bridgehead atoms. The molecule has 0 atom stereocenters. The smallest absolute Gasteiger partial charge is 0.267 e. The van der Waals surface area contributed by atoms with Gasteiger partial charge in [0.05, 0.1) is 8.66 Å². The van der Waals surface area contributed by atoms with Gasteiger partial charge in [0.15, 0.2) is 0 Å². The summed E-state index contributed by atoms with van der Waals surface area (Å²) in [4.78, 5) is 24.4. The first-order valence-electron chi connectivity index (χ1n) is 5.90. The van der Waals surface area contributed by atoms with Gasteiger partial charge in [-0.3, -0.25) is 20.4 Å². The number of carbonyl (C=O) groups excluding carboxylic acids is 2.